The zero-order chi connectivity index (χ0) is 22.4. The summed E-state index contributed by atoms with van der Waals surface area (Å²) in [6.45, 7) is 1.45. The van der Waals surface area contributed by atoms with Crippen LogP contribution in [0.2, 0.25) is 0 Å². The SMILES string of the molecule is O=C(Nc1ccc2c(c1)OCO2)N1CCC(C(O)CC2c3ccccc3-n3cncc32)CC1. The molecule has 170 valence electrons. The zero-order valence-corrected chi connectivity index (χ0v) is 18.2. The maximum atomic E-state index is 12.7. The molecule has 0 spiro atoms. The number of hydrogen-bond donors (Lipinski definition) is 2. The van der Waals surface area contributed by atoms with Gasteiger partial charge in [-0.15, -0.1) is 0 Å². The van der Waals surface area contributed by atoms with E-state index in [4.69, 9.17) is 9.47 Å². The number of rotatable bonds is 4. The first kappa shape index (κ1) is 20.1. The molecule has 3 aromatic rings. The van der Waals surface area contributed by atoms with E-state index < -0.39 is 6.10 Å². The van der Waals surface area contributed by atoms with Crippen LogP contribution in [0.4, 0.5) is 10.5 Å². The van der Waals surface area contributed by atoms with Crippen LogP contribution in [-0.4, -0.2) is 51.6 Å². The summed E-state index contributed by atoms with van der Waals surface area (Å²) < 4.78 is 12.8. The molecule has 1 saturated heterocycles. The highest BCUT2D eigenvalue weighted by atomic mass is 16.7. The first-order valence-electron chi connectivity index (χ1n) is 11.4. The number of nitrogens with one attached hydrogen (secondary N) is 1. The first-order valence-corrected chi connectivity index (χ1v) is 11.4. The van der Waals surface area contributed by atoms with Crippen molar-refractivity contribution in [3.8, 4) is 17.2 Å². The van der Waals surface area contributed by atoms with Gasteiger partial charge in [0.25, 0.3) is 0 Å². The van der Waals surface area contributed by atoms with Crippen LogP contribution in [0, 0.1) is 5.92 Å². The van der Waals surface area contributed by atoms with Gasteiger partial charge in [0.1, 0.15) is 0 Å². The number of amides is 2. The van der Waals surface area contributed by atoms with Crippen LogP contribution >= 0.6 is 0 Å². The second kappa shape index (κ2) is 8.12. The van der Waals surface area contributed by atoms with E-state index in [9.17, 15) is 9.90 Å². The Bertz CT molecular complexity index is 1180. The standard InChI is InChI=1S/C25H26N4O4/c30-22(12-19-18-3-1-2-4-20(18)29-14-26-13-21(19)29)16-7-9-28(10-8-16)25(31)27-17-5-6-23-24(11-17)33-15-32-23/h1-6,11,13-14,16,19,22,30H,7-10,12,15H2,(H,27,31). The molecule has 0 aliphatic carbocycles. The third kappa shape index (κ3) is 3.60. The van der Waals surface area contributed by atoms with Gasteiger partial charge >= 0.3 is 6.03 Å². The summed E-state index contributed by atoms with van der Waals surface area (Å²) in [5.41, 5.74) is 4.21. The Morgan fingerprint density at radius 2 is 1.97 bits per heavy atom. The summed E-state index contributed by atoms with van der Waals surface area (Å²) >= 11 is 0. The predicted octanol–water partition coefficient (Wildman–Crippen LogP) is 3.74. The summed E-state index contributed by atoms with van der Waals surface area (Å²) in [6, 6.07) is 13.6. The number of urea groups is 1. The fourth-order valence-corrected chi connectivity index (χ4v) is 5.27. The van der Waals surface area contributed by atoms with Crippen LogP contribution < -0.4 is 14.8 Å². The maximum absolute atomic E-state index is 12.7. The van der Waals surface area contributed by atoms with Crippen LogP contribution in [-0.2, 0) is 0 Å². The molecule has 6 rings (SSSR count). The second-order valence-electron chi connectivity index (χ2n) is 8.93. The Balaban J connectivity index is 1.06. The quantitative estimate of drug-likeness (QED) is 0.637. The highest BCUT2D eigenvalue weighted by Gasteiger charge is 2.34. The molecule has 3 aliphatic heterocycles. The third-order valence-electron chi connectivity index (χ3n) is 7.07. The normalized spacial score (nSPS) is 19.8. The number of imidazole rings is 1. The van der Waals surface area contributed by atoms with Crippen molar-refractivity contribution in [3.63, 3.8) is 0 Å². The minimum absolute atomic E-state index is 0.129. The van der Waals surface area contributed by atoms with Gasteiger partial charge in [-0.2, -0.15) is 0 Å². The van der Waals surface area contributed by atoms with Crippen molar-refractivity contribution in [1.29, 1.82) is 0 Å². The Morgan fingerprint density at radius 1 is 1.15 bits per heavy atom. The van der Waals surface area contributed by atoms with E-state index in [1.807, 2.05) is 29.6 Å². The van der Waals surface area contributed by atoms with Gasteiger partial charge in [0, 0.05) is 37.0 Å². The molecule has 8 heteroatoms. The van der Waals surface area contributed by atoms with Gasteiger partial charge in [-0.3, -0.25) is 0 Å². The van der Waals surface area contributed by atoms with Crippen LogP contribution in [0.3, 0.4) is 0 Å². The highest BCUT2D eigenvalue weighted by Crippen LogP contribution is 2.41. The largest absolute Gasteiger partial charge is 0.454 e. The minimum atomic E-state index is -0.427. The van der Waals surface area contributed by atoms with E-state index in [0.29, 0.717) is 36.7 Å². The van der Waals surface area contributed by atoms with Gasteiger partial charge in [-0.05, 0) is 48.9 Å². The monoisotopic (exact) mass is 446 g/mol. The number of carbonyl (C=O) groups is 1. The van der Waals surface area contributed by atoms with Gasteiger partial charge in [-0.1, -0.05) is 18.2 Å². The molecular weight excluding hydrogens is 420 g/mol. The van der Waals surface area contributed by atoms with Crippen molar-refractivity contribution in [2.75, 3.05) is 25.2 Å². The van der Waals surface area contributed by atoms with E-state index in [1.54, 1.807) is 12.1 Å². The average Bonchev–Trinajstić information content (AvgIpc) is 3.57. The van der Waals surface area contributed by atoms with E-state index in [-0.39, 0.29) is 24.7 Å². The molecule has 2 unspecified atom stereocenters. The van der Waals surface area contributed by atoms with Crippen LogP contribution in [0.1, 0.15) is 36.4 Å². The van der Waals surface area contributed by atoms with Crippen LogP contribution in [0.5, 0.6) is 11.5 Å². The van der Waals surface area contributed by atoms with E-state index in [2.05, 4.69) is 33.1 Å². The smallest absolute Gasteiger partial charge is 0.321 e. The molecule has 4 heterocycles. The fourth-order valence-electron chi connectivity index (χ4n) is 5.27. The topological polar surface area (TPSA) is 88.9 Å². The van der Waals surface area contributed by atoms with Gasteiger partial charge in [0.2, 0.25) is 6.79 Å². The van der Waals surface area contributed by atoms with Gasteiger partial charge in [-0.25, -0.2) is 9.78 Å². The maximum Gasteiger partial charge on any atom is 0.321 e. The highest BCUT2D eigenvalue weighted by molar-refractivity contribution is 5.89. The number of fused-ring (bicyclic) bond motifs is 4. The molecule has 1 aromatic heterocycles. The Kier molecular flexibility index (Phi) is 4.95. The molecule has 2 N–H and O–H groups in total. The molecule has 3 aliphatic rings. The number of benzene rings is 2. The third-order valence-corrected chi connectivity index (χ3v) is 7.07. The molecule has 2 atom stereocenters. The van der Waals surface area contributed by atoms with E-state index >= 15 is 0 Å². The van der Waals surface area contributed by atoms with Crippen LogP contribution in [0.15, 0.2) is 55.0 Å². The number of likely N-dealkylation sites (tertiary alicyclic amines) is 1. The van der Waals surface area contributed by atoms with Gasteiger partial charge in [0.15, 0.2) is 11.5 Å². The van der Waals surface area contributed by atoms with Crippen molar-refractivity contribution in [2.45, 2.75) is 31.3 Å². The van der Waals surface area contributed by atoms with E-state index in [0.717, 1.165) is 24.2 Å². The molecule has 2 amide bonds. The second-order valence-corrected chi connectivity index (χ2v) is 8.93. The number of aromatic nitrogens is 2. The minimum Gasteiger partial charge on any atom is -0.454 e. The van der Waals surface area contributed by atoms with Crippen molar-refractivity contribution in [1.82, 2.24) is 14.5 Å². The number of hydrogen-bond acceptors (Lipinski definition) is 5. The number of para-hydroxylation sites is 1. The number of aliphatic hydroxyl groups excluding tert-OH is 1. The number of ether oxygens (including phenoxy) is 2. The fraction of sp³-hybridized carbons (Fsp3) is 0.360. The van der Waals surface area contributed by atoms with Crippen LogP contribution in [0.25, 0.3) is 5.69 Å². The summed E-state index contributed by atoms with van der Waals surface area (Å²) in [5.74, 6) is 1.65. The number of carbonyl (C=O) groups excluding carboxylic acids is 1. The van der Waals surface area contributed by atoms with Gasteiger partial charge < -0.3 is 29.4 Å². The Hall–Kier alpha value is -3.52. The molecular formula is C25H26N4O4. The molecule has 1 fully saturated rings. The first-order chi connectivity index (χ1) is 16.2. The lowest BCUT2D eigenvalue weighted by molar-refractivity contribution is 0.0595. The summed E-state index contributed by atoms with van der Waals surface area (Å²) in [4.78, 5) is 18.9. The summed E-state index contributed by atoms with van der Waals surface area (Å²) in [7, 11) is 0. The molecule has 0 radical (unpaired) electrons. The lowest BCUT2D eigenvalue weighted by Gasteiger charge is -2.35. The number of piperidine rings is 1. The van der Waals surface area contributed by atoms with Crippen molar-refractivity contribution in [3.05, 3.63) is 66.2 Å². The number of nitrogens with zero attached hydrogens (tertiary/aromatic N) is 3. The Morgan fingerprint density at radius 3 is 2.85 bits per heavy atom. The van der Waals surface area contributed by atoms with E-state index in [1.165, 1.54) is 5.56 Å². The van der Waals surface area contributed by atoms with Crippen molar-refractivity contribution < 1.29 is 19.4 Å². The Labute approximate surface area is 191 Å². The molecule has 33 heavy (non-hydrogen) atoms. The zero-order valence-electron chi connectivity index (χ0n) is 18.2. The van der Waals surface area contributed by atoms with Gasteiger partial charge in [0.05, 0.1) is 23.8 Å². The lowest BCUT2D eigenvalue weighted by Crippen LogP contribution is -2.43. The predicted molar refractivity (Wildman–Crippen MR) is 122 cm³/mol. The molecule has 0 saturated carbocycles. The lowest BCUT2D eigenvalue weighted by atomic mass is 9.83. The molecule has 2 aromatic carbocycles. The van der Waals surface area contributed by atoms with Crippen molar-refractivity contribution in [2.24, 2.45) is 5.92 Å². The number of aliphatic hydroxyl groups is 1. The molecule has 0 bridgehead atoms. The average molecular weight is 447 g/mol. The number of anilines is 1. The summed E-state index contributed by atoms with van der Waals surface area (Å²) in [5, 5.41) is 14.0. The van der Waals surface area contributed by atoms with Crippen molar-refractivity contribution >= 4 is 11.7 Å². The summed E-state index contributed by atoms with van der Waals surface area (Å²) in [6.07, 6.45) is 5.55. The molecule has 8 nitrogen and oxygen atoms in total.